The van der Waals surface area contributed by atoms with Gasteiger partial charge in [-0.1, -0.05) is 13.8 Å². The lowest BCUT2D eigenvalue weighted by molar-refractivity contribution is -0.147. The van der Waals surface area contributed by atoms with Crippen LogP contribution in [0.3, 0.4) is 0 Å². The highest BCUT2D eigenvalue weighted by atomic mass is 16.4. The third-order valence-electron chi connectivity index (χ3n) is 4.48. The first-order valence-corrected chi connectivity index (χ1v) is 7.29. The van der Waals surface area contributed by atoms with Crippen molar-refractivity contribution in [2.45, 2.75) is 65.8 Å². The molecule has 0 amide bonds. The Morgan fingerprint density at radius 3 is 2.28 bits per heavy atom. The van der Waals surface area contributed by atoms with Crippen LogP contribution in [0.5, 0.6) is 0 Å². The van der Waals surface area contributed by atoms with Gasteiger partial charge in [0.25, 0.3) is 0 Å². The van der Waals surface area contributed by atoms with Crippen LogP contribution >= 0.6 is 0 Å². The Hall–Kier alpha value is -0.570. The Morgan fingerprint density at radius 2 is 1.83 bits per heavy atom. The van der Waals surface area contributed by atoms with Crippen LogP contribution in [0.4, 0.5) is 0 Å². The number of rotatable bonds is 6. The molecule has 2 N–H and O–H groups in total. The van der Waals surface area contributed by atoms with Crippen molar-refractivity contribution in [3.63, 3.8) is 0 Å². The first kappa shape index (κ1) is 15.5. The van der Waals surface area contributed by atoms with Crippen LogP contribution in [0.1, 0.15) is 59.8 Å². The summed E-state index contributed by atoms with van der Waals surface area (Å²) < 4.78 is 0. The molecule has 1 aliphatic carbocycles. The van der Waals surface area contributed by atoms with Gasteiger partial charge in [-0.3, -0.25) is 4.79 Å². The van der Waals surface area contributed by atoms with Crippen molar-refractivity contribution in [1.29, 1.82) is 0 Å². The summed E-state index contributed by atoms with van der Waals surface area (Å²) in [4.78, 5) is 11.0. The Morgan fingerprint density at radius 1 is 1.28 bits per heavy atom. The molecule has 0 aliphatic heterocycles. The van der Waals surface area contributed by atoms with Crippen molar-refractivity contribution in [2.75, 3.05) is 6.54 Å². The fourth-order valence-electron chi connectivity index (χ4n) is 2.69. The van der Waals surface area contributed by atoms with Crippen molar-refractivity contribution in [1.82, 2.24) is 5.32 Å². The molecule has 0 bridgehead atoms. The molecule has 18 heavy (non-hydrogen) atoms. The molecular weight excluding hydrogens is 226 g/mol. The minimum absolute atomic E-state index is 0.601. The van der Waals surface area contributed by atoms with Gasteiger partial charge in [-0.25, -0.2) is 0 Å². The Labute approximate surface area is 111 Å². The van der Waals surface area contributed by atoms with E-state index in [-0.39, 0.29) is 0 Å². The summed E-state index contributed by atoms with van der Waals surface area (Å²) in [5.41, 5.74) is -0.609. The maximum atomic E-state index is 11.0. The number of carboxylic acid groups (broad SMARTS) is 1. The van der Waals surface area contributed by atoms with Gasteiger partial charge in [0.15, 0.2) is 0 Å². The van der Waals surface area contributed by atoms with Gasteiger partial charge < -0.3 is 10.4 Å². The van der Waals surface area contributed by atoms with Crippen LogP contribution in [0.2, 0.25) is 0 Å². The minimum atomic E-state index is -0.701. The van der Waals surface area contributed by atoms with Crippen LogP contribution in [0.15, 0.2) is 0 Å². The first-order chi connectivity index (χ1) is 8.33. The number of aliphatic carboxylic acids is 1. The smallest absolute Gasteiger partial charge is 0.309 e. The van der Waals surface area contributed by atoms with Gasteiger partial charge in [0.2, 0.25) is 0 Å². The summed E-state index contributed by atoms with van der Waals surface area (Å²) in [7, 11) is 0. The first-order valence-electron chi connectivity index (χ1n) is 7.29. The summed E-state index contributed by atoms with van der Waals surface area (Å²) >= 11 is 0. The van der Waals surface area contributed by atoms with E-state index < -0.39 is 11.4 Å². The van der Waals surface area contributed by atoms with E-state index in [0.29, 0.717) is 12.5 Å². The molecule has 1 fully saturated rings. The molecule has 106 valence electrons. The molecule has 1 rings (SSSR count). The van der Waals surface area contributed by atoms with Crippen LogP contribution in [0, 0.1) is 17.3 Å². The van der Waals surface area contributed by atoms with Crippen molar-refractivity contribution < 1.29 is 9.90 Å². The van der Waals surface area contributed by atoms with Gasteiger partial charge in [-0.2, -0.15) is 0 Å². The van der Waals surface area contributed by atoms with Crippen LogP contribution < -0.4 is 5.32 Å². The SMILES string of the molecule is CC(C)C1CCC(NCCC(C)(C)C(=O)O)CC1. The van der Waals surface area contributed by atoms with Crippen LogP contribution in [0.25, 0.3) is 0 Å². The zero-order valence-electron chi connectivity index (χ0n) is 12.3. The van der Waals surface area contributed by atoms with E-state index in [1.54, 1.807) is 13.8 Å². The molecule has 0 unspecified atom stereocenters. The predicted molar refractivity (Wildman–Crippen MR) is 74.6 cm³/mol. The zero-order valence-corrected chi connectivity index (χ0v) is 12.3. The summed E-state index contributed by atoms with van der Waals surface area (Å²) in [6.07, 6.45) is 5.83. The van der Waals surface area contributed by atoms with E-state index in [4.69, 9.17) is 5.11 Å². The standard InChI is InChI=1S/C15H29NO2/c1-11(2)12-5-7-13(8-6-12)16-10-9-15(3,4)14(17)18/h11-13,16H,5-10H2,1-4H3,(H,17,18). The molecule has 0 spiro atoms. The maximum absolute atomic E-state index is 11.0. The second-order valence-corrected chi connectivity index (χ2v) is 6.75. The molecule has 0 radical (unpaired) electrons. The van der Waals surface area contributed by atoms with Crippen molar-refractivity contribution >= 4 is 5.97 Å². The average molecular weight is 255 g/mol. The van der Waals surface area contributed by atoms with E-state index in [2.05, 4.69) is 19.2 Å². The van der Waals surface area contributed by atoms with E-state index in [0.717, 1.165) is 18.4 Å². The molecule has 1 saturated carbocycles. The molecule has 0 heterocycles. The van der Waals surface area contributed by atoms with E-state index >= 15 is 0 Å². The minimum Gasteiger partial charge on any atom is -0.481 e. The van der Waals surface area contributed by atoms with Crippen molar-refractivity contribution in [3.05, 3.63) is 0 Å². The van der Waals surface area contributed by atoms with Gasteiger partial charge in [-0.05, 0) is 64.3 Å². The largest absolute Gasteiger partial charge is 0.481 e. The molecule has 3 nitrogen and oxygen atoms in total. The van der Waals surface area contributed by atoms with Gasteiger partial charge >= 0.3 is 5.97 Å². The zero-order chi connectivity index (χ0) is 13.8. The van der Waals surface area contributed by atoms with E-state index in [1.807, 2.05) is 0 Å². The van der Waals surface area contributed by atoms with Gasteiger partial charge in [0, 0.05) is 6.04 Å². The highest BCUT2D eigenvalue weighted by Crippen LogP contribution is 2.30. The molecule has 0 aromatic heterocycles. The molecule has 0 atom stereocenters. The predicted octanol–water partition coefficient (Wildman–Crippen LogP) is 3.29. The maximum Gasteiger partial charge on any atom is 0.309 e. The molecule has 0 saturated heterocycles. The van der Waals surface area contributed by atoms with E-state index in [9.17, 15) is 4.79 Å². The second kappa shape index (κ2) is 6.55. The number of hydrogen-bond donors (Lipinski definition) is 2. The molecule has 1 aliphatic rings. The number of hydrogen-bond acceptors (Lipinski definition) is 2. The topological polar surface area (TPSA) is 49.3 Å². The Bertz CT molecular complexity index is 266. The summed E-state index contributed by atoms with van der Waals surface area (Å²) in [6, 6.07) is 0.601. The Kier molecular flexibility index (Phi) is 5.64. The Balaban J connectivity index is 2.21. The van der Waals surface area contributed by atoms with Gasteiger partial charge in [0.1, 0.15) is 0 Å². The molecule has 3 heteroatoms. The summed E-state index contributed by atoms with van der Waals surface area (Å²) in [5.74, 6) is 0.989. The number of carboxylic acids is 1. The third kappa shape index (κ3) is 4.60. The van der Waals surface area contributed by atoms with Crippen LogP contribution in [-0.4, -0.2) is 23.7 Å². The molecular formula is C15H29NO2. The fraction of sp³-hybridized carbons (Fsp3) is 0.933. The highest BCUT2D eigenvalue weighted by Gasteiger charge is 2.27. The number of carbonyl (C=O) groups is 1. The summed E-state index contributed by atoms with van der Waals surface area (Å²) in [5, 5.41) is 12.6. The monoisotopic (exact) mass is 255 g/mol. The number of nitrogens with one attached hydrogen (secondary N) is 1. The lowest BCUT2D eigenvalue weighted by Gasteiger charge is -2.32. The van der Waals surface area contributed by atoms with E-state index in [1.165, 1.54) is 25.7 Å². The van der Waals surface area contributed by atoms with Crippen LogP contribution in [-0.2, 0) is 4.79 Å². The van der Waals surface area contributed by atoms with Crippen molar-refractivity contribution in [2.24, 2.45) is 17.3 Å². The quantitative estimate of drug-likeness (QED) is 0.765. The third-order valence-corrected chi connectivity index (χ3v) is 4.48. The molecule has 0 aromatic rings. The fourth-order valence-corrected chi connectivity index (χ4v) is 2.69. The lowest BCUT2D eigenvalue weighted by Crippen LogP contribution is -2.37. The lowest BCUT2D eigenvalue weighted by atomic mass is 9.79. The van der Waals surface area contributed by atoms with Gasteiger partial charge in [-0.15, -0.1) is 0 Å². The van der Waals surface area contributed by atoms with Crippen molar-refractivity contribution in [3.8, 4) is 0 Å². The summed E-state index contributed by atoms with van der Waals surface area (Å²) in [6.45, 7) is 9.04. The average Bonchev–Trinajstić information content (AvgIpc) is 2.29. The highest BCUT2D eigenvalue weighted by molar-refractivity contribution is 5.73. The second-order valence-electron chi connectivity index (χ2n) is 6.75. The molecule has 0 aromatic carbocycles. The normalized spacial score (nSPS) is 25.4. The van der Waals surface area contributed by atoms with Gasteiger partial charge in [0.05, 0.1) is 5.41 Å².